The van der Waals surface area contributed by atoms with E-state index in [4.69, 9.17) is 4.74 Å². The molecule has 4 rings (SSSR count). The van der Waals surface area contributed by atoms with Gasteiger partial charge in [-0.25, -0.2) is 9.97 Å². The summed E-state index contributed by atoms with van der Waals surface area (Å²) in [4.78, 5) is 21.8. The molecule has 10 heteroatoms. The van der Waals surface area contributed by atoms with Crippen LogP contribution in [0.1, 0.15) is 47.4 Å². The fourth-order valence-electron chi connectivity index (χ4n) is 4.32. The third-order valence-corrected chi connectivity index (χ3v) is 5.98. The van der Waals surface area contributed by atoms with Gasteiger partial charge in [-0.1, -0.05) is 0 Å². The predicted octanol–water partition coefficient (Wildman–Crippen LogP) is 4.00. The fraction of sp³-hybridized carbons (Fsp3) is 0.524. The number of hydrogen-bond acceptors (Lipinski definition) is 5. The van der Waals surface area contributed by atoms with Crippen molar-refractivity contribution in [1.29, 1.82) is 0 Å². The molecule has 1 aliphatic carbocycles. The van der Waals surface area contributed by atoms with Crippen molar-refractivity contribution in [3.63, 3.8) is 0 Å². The van der Waals surface area contributed by atoms with E-state index in [1.165, 1.54) is 13.3 Å². The van der Waals surface area contributed by atoms with Crippen molar-refractivity contribution in [1.82, 2.24) is 24.9 Å². The minimum Gasteiger partial charge on any atom is -0.495 e. The smallest absolute Gasteiger partial charge is 0.391 e. The monoisotopic (exact) mass is 435 g/mol. The van der Waals surface area contributed by atoms with Crippen LogP contribution in [0.2, 0.25) is 0 Å². The van der Waals surface area contributed by atoms with Gasteiger partial charge in [-0.15, -0.1) is 0 Å². The summed E-state index contributed by atoms with van der Waals surface area (Å²) in [6.45, 7) is 3.99. The van der Waals surface area contributed by atoms with Crippen LogP contribution < -0.4 is 10.1 Å². The van der Waals surface area contributed by atoms with Gasteiger partial charge in [0.25, 0.3) is 5.91 Å². The molecule has 0 atom stereocenters. The highest BCUT2D eigenvalue weighted by Gasteiger charge is 2.41. The summed E-state index contributed by atoms with van der Waals surface area (Å²) in [6, 6.07) is 1.84. The third-order valence-electron chi connectivity index (χ3n) is 5.98. The molecule has 1 N–H and O–H groups in total. The first kappa shape index (κ1) is 21.3. The van der Waals surface area contributed by atoms with Crippen LogP contribution in [-0.2, 0) is 0 Å². The van der Waals surface area contributed by atoms with E-state index in [1.54, 1.807) is 4.52 Å². The van der Waals surface area contributed by atoms with E-state index in [0.717, 1.165) is 5.69 Å². The van der Waals surface area contributed by atoms with Crippen LogP contribution >= 0.6 is 0 Å². The Labute approximate surface area is 177 Å². The van der Waals surface area contributed by atoms with Gasteiger partial charge in [0.2, 0.25) is 0 Å². The van der Waals surface area contributed by atoms with Crippen molar-refractivity contribution >= 4 is 22.6 Å². The van der Waals surface area contributed by atoms with Gasteiger partial charge in [0.05, 0.1) is 29.8 Å². The topological polar surface area (TPSA) is 81.4 Å². The molecular weight excluding hydrogens is 411 g/mol. The summed E-state index contributed by atoms with van der Waals surface area (Å²) in [5.74, 6) is -1.23. The number of amides is 1. The number of fused-ring (bicyclic) bond motifs is 3. The molecule has 166 valence electrons. The molecule has 0 spiro atoms. The zero-order chi connectivity index (χ0) is 22.3. The maximum atomic E-state index is 12.9. The van der Waals surface area contributed by atoms with E-state index < -0.39 is 12.1 Å². The SMILES string of the molecule is COc1c(C(=O)NCC2CCC(C(F)(F)F)CC2)cnc2c1c(C)nc1cc(C)nn12. The largest absolute Gasteiger partial charge is 0.495 e. The lowest BCUT2D eigenvalue weighted by Crippen LogP contribution is -2.34. The zero-order valence-electron chi connectivity index (χ0n) is 17.6. The number of ether oxygens (including phenoxy) is 1. The average molecular weight is 435 g/mol. The number of nitrogens with zero attached hydrogens (tertiary/aromatic N) is 4. The number of pyridine rings is 1. The van der Waals surface area contributed by atoms with Gasteiger partial charge in [0.1, 0.15) is 11.3 Å². The first-order valence-corrected chi connectivity index (χ1v) is 10.2. The molecule has 31 heavy (non-hydrogen) atoms. The van der Waals surface area contributed by atoms with Crippen molar-refractivity contribution in [2.45, 2.75) is 45.7 Å². The Kier molecular flexibility index (Phi) is 5.49. The molecule has 3 aromatic rings. The molecule has 0 unspecified atom stereocenters. The minimum absolute atomic E-state index is 0.0250. The number of carbonyl (C=O) groups excluding carboxylic acids is 1. The van der Waals surface area contributed by atoms with Crippen LogP contribution in [-0.4, -0.2) is 45.3 Å². The van der Waals surface area contributed by atoms with Crippen LogP contribution in [0.3, 0.4) is 0 Å². The molecular formula is C21H24F3N5O2. The molecule has 0 aliphatic heterocycles. The summed E-state index contributed by atoms with van der Waals surface area (Å²) in [7, 11) is 1.47. The molecule has 0 bridgehead atoms. The molecule has 0 aromatic carbocycles. The summed E-state index contributed by atoms with van der Waals surface area (Å²) in [6.07, 6.45) is -1.60. The first-order valence-electron chi connectivity index (χ1n) is 10.2. The lowest BCUT2D eigenvalue weighted by molar-refractivity contribution is -0.183. The second-order valence-corrected chi connectivity index (χ2v) is 8.13. The molecule has 3 aromatic heterocycles. The number of aromatic nitrogens is 4. The zero-order valence-corrected chi connectivity index (χ0v) is 17.6. The van der Waals surface area contributed by atoms with Gasteiger partial charge < -0.3 is 10.1 Å². The number of aryl methyl sites for hydroxylation is 2. The second-order valence-electron chi connectivity index (χ2n) is 8.13. The number of rotatable bonds is 4. The number of hydrogen-bond donors (Lipinski definition) is 1. The molecule has 1 fully saturated rings. The highest BCUT2D eigenvalue weighted by molar-refractivity contribution is 6.02. The Bertz CT molecular complexity index is 1130. The van der Waals surface area contributed by atoms with Crippen LogP contribution in [0.25, 0.3) is 16.7 Å². The minimum atomic E-state index is -4.14. The van der Waals surface area contributed by atoms with Crippen molar-refractivity contribution in [2.24, 2.45) is 11.8 Å². The Morgan fingerprint density at radius 2 is 1.97 bits per heavy atom. The molecule has 7 nitrogen and oxygen atoms in total. The first-order chi connectivity index (χ1) is 14.7. The van der Waals surface area contributed by atoms with Gasteiger partial charge in [0.15, 0.2) is 11.3 Å². The van der Waals surface area contributed by atoms with Gasteiger partial charge >= 0.3 is 6.18 Å². The lowest BCUT2D eigenvalue weighted by Gasteiger charge is -2.29. The van der Waals surface area contributed by atoms with E-state index in [1.807, 2.05) is 19.9 Å². The van der Waals surface area contributed by atoms with E-state index in [9.17, 15) is 18.0 Å². The van der Waals surface area contributed by atoms with Gasteiger partial charge in [0, 0.05) is 18.8 Å². The van der Waals surface area contributed by atoms with E-state index in [-0.39, 0.29) is 30.2 Å². The normalized spacial score (nSPS) is 19.7. The van der Waals surface area contributed by atoms with Crippen molar-refractivity contribution in [3.05, 3.63) is 29.2 Å². The van der Waals surface area contributed by atoms with Gasteiger partial charge in [-0.3, -0.25) is 4.79 Å². The standard InChI is InChI=1S/C21H24F3N5O2/c1-11-8-16-27-12(2)17-18(31-3)15(10-25-19(17)29(16)28-11)20(30)26-9-13-4-6-14(7-5-13)21(22,23)24/h8,10,13-14H,4-7,9H2,1-3H3,(H,26,30). The Morgan fingerprint density at radius 3 is 2.61 bits per heavy atom. The van der Waals surface area contributed by atoms with Gasteiger partial charge in [-0.2, -0.15) is 22.8 Å². The van der Waals surface area contributed by atoms with E-state index >= 15 is 0 Å². The quantitative estimate of drug-likeness (QED) is 0.670. The second kappa shape index (κ2) is 7.97. The molecule has 1 saturated carbocycles. The number of methoxy groups -OCH3 is 1. The van der Waals surface area contributed by atoms with Crippen molar-refractivity contribution < 1.29 is 22.7 Å². The Balaban J connectivity index is 1.55. The fourth-order valence-corrected chi connectivity index (χ4v) is 4.32. The lowest BCUT2D eigenvalue weighted by atomic mass is 9.81. The third kappa shape index (κ3) is 4.03. The molecule has 1 aliphatic rings. The Hall–Kier alpha value is -2.91. The van der Waals surface area contributed by atoms with Crippen molar-refractivity contribution in [2.75, 3.05) is 13.7 Å². The molecule has 0 radical (unpaired) electrons. The highest BCUT2D eigenvalue weighted by atomic mass is 19.4. The number of alkyl halides is 3. The predicted molar refractivity (Wildman–Crippen MR) is 108 cm³/mol. The van der Waals surface area contributed by atoms with Crippen molar-refractivity contribution in [3.8, 4) is 5.75 Å². The maximum Gasteiger partial charge on any atom is 0.391 e. The summed E-state index contributed by atoms with van der Waals surface area (Å²) in [5, 5.41) is 7.84. The number of nitrogens with one attached hydrogen (secondary N) is 1. The average Bonchev–Trinajstić information content (AvgIpc) is 3.10. The van der Waals surface area contributed by atoms with E-state index in [0.29, 0.717) is 47.5 Å². The van der Waals surface area contributed by atoms with Crippen LogP contribution in [0.4, 0.5) is 13.2 Å². The number of halogens is 3. The van der Waals surface area contributed by atoms with Crippen LogP contribution in [0.15, 0.2) is 12.3 Å². The molecule has 1 amide bonds. The maximum absolute atomic E-state index is 12.9. The van der Waals surface area contributed by atoms with E-state index in [2.05, 4.69) is 20.4 Å². The van der Waals surface area contributed by atoms with Crippen LogP contribution in [0, 0.1) is 25.7 Å². The molecule has 0 saturated heterocycles. The molecule has 3 heterocycles. The summed E-state index contributed by atoms with van der Waals surface area (Å²) < 4.78 is 45.7. The summed E-state index contributed by atoms with van der Waals surface area (Å²) >= 11 is 0. The summed E-state index contributed by atoms with van der Waals surface area (Å²) in [5.41, 5.74) is 2.90. The van der Waals surface area contributed by atoms with Crippen LogP contribution in [0.5, 0.6) is 5.75 Å². The van der Waals surface area contributed by atoms with Gasteiger partial charge in [-0.05, 0) is 45.4 Å². The Morgan fingerprint density at radius 1 is 1.26 bits per heavy atom. The highest BCUT2D eigenvalue weighted by Crippen LogP contribution is 2.39. The number of carbonyl (C=O) groups is 1.